The second-order valence-electron chi connectivity index (χ2n) is 3.78. The fourth-order valence-electron chi connectivity index (χ4n) is 1.87. The van der Waals surface area contributed by atoms with Gasteiger partial charge in [-0.2, -0.15) is 0 Å². The van der Waals surface area contributed by atoms with Crippen molar-refractivity contribution in [2.45, 2.75) is 10.9 Å². The molecule has 1 aromatic carbocycles. The van der Waals surface area contributed by atoms with Crippen molar-refractivity contribution >= 4 is 11.8 Å². The molecule has 0 saturated heterocycles. The molecule has 0 aliphatic carbocycles. The van der Waals surface area contributed by atoms with E-state index in [1.165, 1.54) is 16.0 Å². The second-order valence-corrected chi connectivity index (χ2v) is 4.66. The molecule has 0 spiro atoms. The number of hydrogen-bond acceptors (Lipinski definition) is 3. The third-order valence-electron chi connectivity index (χ3n) is 2.76. The first-order chi connectivity index (χ1) is 8.35. The maximum absolute atomic E-state index is 4.17. The first-order valence-corrected chi connectivity index (χ1v) is 6.78. The Kier molecular flexibility index (Phi) is 4.18. The minimum absolute atomic E-state index is 0.208. The highest BCUT2D eigenvalue weighted by Crippen LogP contribution is 2.23. The van der Waals surface area contributed by atoms with Crippen molar-refractivity contribution in [3.63, 3.8) is 0 Å². The average Bonchev–Trinajstić information content (AvgIpc) is 2.42. The van der Waals surface area contributed by atoms with Crippen molar-refractivity contribution < 1.29 is 0 Å². The summed E-state index contributed by atoms with van der Waals surface area (Å²) in [6.07, 6.45) is 5.79. The zero-order valence-electron chi connectivity index (χ0n) is 10.1. The number of nitrogens with one attached hydrogen (secondary N) is 1. The smallest absolute Gasteiger partial charge is 0.0589 e. The monoisotopic (exact) mass is 244 g/mol. The van der Waals surface area contributed by atoms with Gasteiger partial charge in [-0.05, 0) is 42.6 Å². The third-order valence-corrected chi connectivity index (χ3v) is 3.50. The van der Waals surface area contributed by atoms with Crippen LogP contribution in [0.1, 0.15) is 17.2 Å². The summed E-state index contributed by atoms with van der Waals surface area (Å²) >= 11 is 1.76. The van der Waals surface area contributed by atoms with E-state index in [-0.39, 0.29) is 6.04 Å². The number of rotatable bonds is 4. The van der Waals surface area contributed by atoms with Crippen LogP contribution in [0.3, 0.4) is 0 Å². The summed E-state index contributed by atoms with van der Waals surface area (Å²) in [5, 5.41) is 3.33. The highest BCUT2D eigenvalue weighted by molar-refractivity contribution is 7.98. The summed E-state index contributed by atoms with van der Waals surface area (Å²) in [5.41, 5.74) is 2.45. The molecular weight excluding hydrogens is 228 g/mol. The van der Waals surface area contributed by atoms with Crippen LogP contribution in [-0.4, -0.2) is 18.3 Å². The number of aromatic nitrogens is 1. The molecule has 2 rings (SSSR count). The first kappa shape index (κ1) is 12.1. The second kappa shape index (κ2) is 5.84. The fraction of sp³-hybridized carbons (Fsp3) is 0.214. The summed E-state index contributed by atoms with van der Waals surface area (Å²) in [6.45, 7) is 0. The Bertz CT molecular complexity index is 453. The van der Waals surface area contributed by atoms with E-state index in [0.717, 1.165) is 0 Å². The van der Waals surface area contributed by atoms with Crippen LogP contribution in [0.2, 0.25) is 0 Å². The van der Waals surface area contributed by atoms with Crippen molar-refractivity contribution in [1.29, 1.82) is 0 Å². The highest BCUT2D eigenvalue weighted by Gasteiger charge is 2.11. The largest absolute Gasteiger partial charge is 0.309 e. The Labute approximate surface area is 106 Å². The predicted molar refractivity (Wildman–Crippen MR) is 73.4 cm³/mol. The standard InChI is InChI=1S/C14H16N2S/c1-15-14(12-4-3-9-16-10-12)11-5-7-13(17-2)8-6-11/h3-10,14-15H,1-2H3. The van der Waals surface area contributed by atoms with Gasteiger partial charge in [0.25, 0.3) is 0 Å². The van der Waals surface area contributed by atoms with E-state index in [4.69, 9.17) is 0 Å². The minimum Gasteiger partial charge on any atom is -0.309 e. The van der Waals surface area contributed by atoms with Gasteiger partial charge in [-0.15, -0.1) is 11.8 Å². The Morgan fingerprint density at radius 2 is 1.88 bits per heavy atom. The maximum Gasteiger partial charge on any atom is 0.0589 e. The molecule has 0 saturated carbocycles. The molecule has 2 nitrogen and oxygen atoms in total. The average molecular weight is 244 g/mol. The minimum atomic E-state index is 0.208. The lowest BCUT2D eigenvalue weighted by Gasteiger charge is -2.16. The molecule has 1 unspecified atom stereocenters. The van der Waals surface area contributed by atoms with Gasteiger partial charge in [0, 0.05) is 17.3 Å². The zero-order valence-corrected chi connectivity index (χ0v) is 10.9. The number of nitrogens with zero attached hydrogens (tertiary/aromatic N) is 1. The third kappa shape index (κ3) is 2.87. The zero-order chi connectivity index (χ0) is 12.1. The summed E-state index contributed by atoms with van der Waals surface area (Å²) in [7, 11) is 1.97. The molecule has 1 aromatic heterocycles. The molecule has 0 amide bonds. The summed E-state index contributed by atoms with van der Waals surface area (Å²) in [6, 6.07) is 12.9. The summed E-state index contributed by atoms with van der Waals surface area (Å²) < 4.78 is 0. The normalized spacial score (nSPS) is 12.4. The molecule has 0 bridgehead atoms. The molecule has 1 N–H and O–H groups in total. The lowest BCUT2D eigenvalue weighted by Crippen LogP contribution is -2.17. The lowest BCUT2D eigenvalue weighted by atomic mass is 10.0. The van der Waals surface area contributed by atoms with E-state index in [1.807, 2.05) is 19.3 Å². The van der Waals surface area contributed by atoms with Crippen molar-refractivity contribution in [2.75, 3.05) is 13.3 Å². The van der Waals surface area contributed by atoms with Gasteiger partial charge in [0.15, 0.2) is 0 Å². The molecule has 0 fully saturated rings. The van der Waals surface area contributed by atoms with Crippen LogP contribution in [0.5, 0.6) is 0 Å². The van der Waals surface area contributed by atoms with Crippen LogP contribution >= 0.6 is 11.8 Å². The summed E-state index contributed by atoms with van der Waals surface area (Å²) in [4.78, 5) is 5.46. The molecule has 0 radical (unpaired) electrons. The molecule has 1 heterocycles. The molecule has 2 aromatic rings. The van der Waals surface area contributed by atoms with Gasteiger partial charge in [-0.3, -0.25) is 4.98 Å². The van der Waals surface area contributed by atoms with Crippen LogP contribution in [0.15, 0.2) is 53.7 Å². The highest BCUT2D eigenvalue weighted by atomic mass is 32.2. The lowest BCUT2D eigenvalue weighted by molar-refractivity contribution is 0.688. The molecule has 3 heteroatoms. The van der Waals surface area contributed by atoms with E-state index >= 15 is 0 Å². The first-order valence-electron chi connectivity index (χ1n) is 5.56. The van der Waals surface area contributed by atoms with Gasteiger partial charge < -0.3 is 5.32 Å². The van der Waals surface area contributed by atoms with Gasteiger partial charge in [0.05, 0.1) is 6.04 Å². The maximum atomic E-state index is 4.17. The Hall–Kier alpha value is -1.32. The number of benzene rings is 1. The SMILES string of the molecule is CNC(c1ccc(SC)cc1)c1cccnc1. The van der Waals surface area contributed by atoms with Crippen LogP contribution in [0, 0.1) is 0 Å². The van der Waals surface area contributed by atoms with Crippen molar-refractivity contribution in [3.8, 4) is 0 Å². The molecule has 17 heavy (non-hydrogen) atoms. The van der Waals surface area contributed by atoms with E-state index in [1.54, 1.807) is 18.0 Å². The molecule has 0 aliphatic rings. The molecular formula is C14H16N2S. The van der Waals surface area contributed by atoms with Gasteiger partial charge >= 0.3 is 0 Å². The Morgan fingerprint density at radius 3 is 2.41 bits per heavy atom. The van der Waals surface area contributed by atoms with Gasteiger partial charge in [-0.25, -0.2) is 0 Å². The van der Waals surface area contributed by atoms with Gasteiger partial charge in [-0.1, -0.05) is 18.2 Å². The van der Waals surface area contributed by atoms with Crippen LogP contribution in [0.4, 0.5) is 0 Å². The van der Waals surface area contributed by atoms with E-state index in [9.17, 15) is 0 Å². The Balaban J connectivity index is 2.29. The number of hydrogen-bond donors (Lipinski definition) is 1. The Morgan fingerprint density at radius 1 is 1.12 bits per heavy atom. The predicted octanol–water partition coefficient (Wildman–Crippen LogP) is 3.11. The quantitative estimate of drug-likeness (QED) is 0.837. The van der Waals surface area contributed by atoms with Crippen molar-refractivity contribution in [1.82, 2.24) is 10.3 Å². The van der Waals surface area contributed by atoms with E-state index in [0.29, 0.717) is 0 Å². The van der Waals surface area contributed by atoms with Gasteiger partial charge in [0.2, 0.25) is 0 Å². The van der Waals surface area contributed by atoms with E-state index in [2.05, 4.69) is 46.9 Å². The topological polar surface area (TPSA) is 24.9 Å². The van der Waals surface area contributed by atoms with E-state index < -0.39 is 0 Å². The molecule has 88 valence electrons. The van der Waals surface area contributed by atoms with Crippen molar-refractivity contribution in [2.24, 2.45) is 0 Å². The molecule has 1 atom stereocenters. The number of pyridine rings is 1. The number of thioether (sulfide) groups is 1. The molecule has 0 aliphatic heterocycles. The van der Waals surface area contributed by atoms with Crippen LogP contribution < -0.4 is 5.32 Å². The van der Waals surface area contributed by atoms with Crippen molar-refractivity contribution in [3.05, 3.63) is 59.9 Å². The summed E-state index contributed by atoms with van der Waals surface area (Å²) in [5.74, 6) is 0. The fourth-order valence-corrected chi connectivity index (χ4v) is 2.28. The van der Waals surface area contributed by atoms with Gasteiger partial charge in [0.1, 0.15) is 0 Å². The van der Waals surface area contributed by atoms with Crippen LogP contribution in [-0.2, 0) is 0 Å². The van der Waals surface area contributed by atoms with Crippen LogP contribution in [0.25, 0.3) is 0 Å².